The van der Waals surface area contributed by atoms with Crippen molar-refractivity contribution in [1.82, 2.24) is 4.90 Å². The molecule has 0 aliphatic carbocycles. The molecule has 1 aliphatic rings. The maximum absolute atomic E-state index is 9.48. The Morgan fingerprint density at radius 2 is 1.94 bits per heavy atom. The fourth-order valence-electron chi connectivity index (χ4n) is 2.70. The molecule has 2 atom stereocenters. The molecule has 1 N–H and O–H groups in total. The number of aliphatic hydroxyl groups excluding tert-OH is 1. The Bertz CT molecular complexity index is 363. The van der Waals surface area contributed by atoms with Crippen LogP contribution in [0.25, 0.3) is 0 Å². The predicted octanol–water partition coefficient (Wildman–Crippen LogP) is 3.21. The molecule has 1 aliphatic heterocycles. The monoisotopic (exact) mass is 297 g/mol. The van der Waals surface area contributed by atoms with Crippen LogP contribution in [0.2, 0.25) is 0 Å². The van der Waals surface area contributed by atoms with Gasteiger partial charge in [-0.2, -0.15) is 0 Å². The van der Waals surface area contributed by atoms with Crippen molar-refractivity contribution < 1.29 is 5.11 Å². The van der Waals surface area contributed by atoms with E-state index in [4.69, 9.17) is 0 Å². The van der Waals surface area contributed by atoms with Crippen LogP contribution in [-0.2, 0) is 0 Å². The summed E-state index contributed by atoms with van der Waals surface area (Å²) >= 11 is 3.63. The molecule has 1 heterocycles. The van der Waals surface area contributed by atoms with Crippen LogP contribution in [0.4, 0.5) is 0 Å². The third kappa shape index (κ3) is 2.90. The molecular formula is C14H20BrNO. The summed E-state index contributed by atoms with van der Waals surface area (Å²) in [6.07, 6.45) is 2.55. The van der Waals surface area contributed by atoms with Crippen LogP contribution in [0.5, 0.6) is 0 Å². The lowest BCUT2D eigenvalue weighted by Gasteiger charge is -2.32. The van der Waals surface area contributed by atoms with Gasteiger partial charge in [-0.15, -0.1) is 0 Å². The van der Waals surface area contributed by atoms with Gasteiger partial charge in [-0.25, -0.2) is 0 Å². The quantitative estimate of drug-likeness (QED) is 0.922. The molecule has 2 nitrogen and oxygen atoms in total. The van der Waals surface area contributed by atoms with Crippen LogP contribution in [0.15, 0.2) is 28.7 Å². The van der Waals surface area contributed by atoms with Crippen molar-refractivity contribution in [2.24, 2.45) is 5.92 Å². The van der Waals surface area contributed by atoms with E-state index in [9.17, 15) is 5.11 Å². The standard InChI is InChI=1S/C14H20BrNO/c1-11(10-17)14(16-8-4-5-9-16)12-6-2-3-7-13(12)15/h2-3,6-7,11,14,17H,4-5,8-10H2,1H3. The van der Waals surface area contributed by atoms with Gasteiger partial charge in [-0.05, 0) is 43.5 Å². The van der Waals surface area contributed by atoms with E-state index in [-0.39, 0.29) is 12.5 Å². The molecule has 2 unspecified atom stereocenters. The third-order valence-corrected chi connectivity index (χ3v) is 4.31. The number of hydrogen-bond donors (Lipinski definition) is 1. The number of nitrogens with zero attached hydrogens (tertiary/aromatic N) is 1. The van der Waals surface area contributed by atoms with E-state index in [0.717, 1.165) is 17.6 Å². The van der Waals surface area contributed by atoms with Crippen molar-refractivity contribution in [3.05, 3.63) is 34.3 Å². The Hall–Kier alpha value is -0.380. The predicted molar refractivity (Wildman–Crippen MR) is 73.9 cm³/mol. The zero-order valence-electron chi connectivity index (χ0n) is 10.3. The van der Waals surface area contributed by atoms with Crippen LogP contribution in [0, 0.1) is 5.92 Å². The summed E-state index contributed by atoms with van der Waals surface area (Å²) in [5.41, 5.74) is 1.30. The fraction of sp³-hybridized carbons (Fsp3) is 0.571. The molecule has 1 aromatic carbocycles. The zero-order valence-corrected chi connectivity index (χ0v) is 11.9. The molecule has 94 valence electrons. The van der Waals surface area contributed by atoms with Gasteiger partial charge in [0.25, 0.3) is 0 Å². The molecular weight excluding hydrogens is 278 g/mol. The van der Waals surface area contributed by atoms with Gasteiger partial charge in [0.05, 0.1) is 0 Å². The van der Waals surface area contributed by atoms with E-state index in [1.165, 1.54) is 18.4 Å². The van der Waals surface area contributed by atoms with Crippen LogP contribution < -0.4 is 0 Å². The van der Waals surface area contributed by atoms with Crippen molar-refractivity contribution >= 4 is 15.9 Å². The highest BCUT2D eigenvalue weighted by Gasteiger charge is 2.28. The number of benzene rings is 1. The summed E-state index contributed by atoms with van der Waals surface area (Å²) in [4.78, 5) is 2.50. The molecule has 0 radical (unpaired) electrons. The van der Waals surface area contributed by atoms with E-state index in [1.54, 1.807) is 0 Å². The molecule has 0 aromatic heterocycles. The van der Waals surface area contributed by atoms with E-state index in [2.05, 4.69) is 46.0 Å². The maximum atomic E-state index is 9.48. The molecule has 2 rings (SSSR count). The Morgan fingerprint density at radius 3 is 2.53 bits per heavy atom. The van der Waals surface area contributed by atoms with Crippen LogP contribution in [0.3, 0.4) is 0 Å². The second-order valence-corrected chi connectivity index (χ2v) is 5.72. The Balaban J connectivity index is 2.29. The van der Waals surface area contributed by atoms with Gasteiger partial charge in [-0.3, -0.25) is 4.90 Å². The molecule has 0 saturated carbocycles. The van der Waals surface area contributed by atoms with Crippen LogP contribution in [0.1, 0.15) is 31.4 Å². The Labute approximate surface area is 112 Å². The Morgan fingerprint density at radius 1 is 1.29 bits per heavy atom. The van der Waals surface area contributed by atoms with E-state index >= 15 is 0 Å². The van der Waals surface area contributed by atoms with Gasteiger partial charge in [0.2, 0.25) is 0 Å². The van der Waals surface area contributed by atoms with Gasteiger partial charge >= 0.3 is 0 Å². The van der Waals surface area contributed by atoms with Gasteiger partial charge < -0.3 is 5.11 Å². The largest absolute Gasteiger partial charge is 0.396 e. The normalized spacial score (nSPS) is 20.4. The van der Waals surface area contributed by atoms with E-state index in [1.807, 2.05) is 6.07 Å². The van der Waals surface area contributed by atoms with Gasteiger partial charge in [0.15, 0.2) is 0 Å². The fourth-order valence-corrected chi connectivity index (χ4v) is 3.22. The average Bonchev–Trinajstić information content (AvgIpc) is 2.85. The smallest absolute Gasteiger partial charge is 0.0474 e. The topological polar surface area (TPSA) is 23.5 Å². The lowest BCUT2D eigenvalue weighted by Crippen LogP contribution is -2.32. The molecule has 1 fully saturated rings. The Kier molecular flexibility index (Phi) is 4.60. The third-order valence-electron chi connectivity index (χ3n) is 3.58. The summed E-state index contributed by atoms with van der Waals surface area (Å²) in [7, 11) is 0. The zero-order chi connectivity index (χ0) is 12.3. The number of aliphatic hydroxyl groups is 1. The molecule has 17 heavy (non-hydrogen) atoms. The van der Waals surface area contributed by atoms with Gasteiger partial charge in [0.1, 0.15) is 0 Å². The number of rotatable bonds is 4. The molecule has 0 bridgehead atoms. The summed E-state index contributed by atoms with van der Waals surface area (Å²) in [6, 6.07) is 8.70. The van der Waals surface area contributed by atoms with E-state index < -0.39 is 0 Å². The molecule has 0 spiro atoms. The van der Waals surface area contributed by atoms with Gasteiger partial charge in [-0.1, -0.05) is 41.1 Å². The second kappa shape index (κ2) is 5.98. The first-order chi connectivity index (χ1) is 8.24. The van der Waals surface area contributed by atoms with Crippen molar-refractivity contribution in [1.29, 1.82) is 0 Å². The van der Waals surface area contributed by atoms with Crippen molar-refractivity contribution in [2.45, 2.75) is 25.8 Å². The van der Waals surface area contributed by atoms with Crippen LogP contribution in [-0.4, -0.2) is 29.7 Å². The molecule has 3 heteroatoms. The molecule has 0 amide bonds. The summed E-state index contributed by atoms with van der Waals surface area (Å²) in [5.74, 6) is 0.270. The lowest BCUT2D eigenvalue weighted by molar-refractivity contribution is 0.125. The highest BCUT2D eigenvalue weighted by Crippen LogP contribution is 2.35. The van der Waals surface area contributed by atoms with Gasteiger partial charge in [0, 0.05) is 17.1 Å². The number of likely N-dealkylation sites (tertiary alicyclic amines) is 1. The van der Waals surface area contributed by atoms with Crippen LogP contribution >= 0.6 is 15.9 Å². The number of hydrogen-bond acceptors (Lipinski definition) is 2. The molecule has 1 aromatic rings. The highest BCUT2D eigenvalue weighted by atomic mass is 79.9. The summed E-state index contributed by atoms with van der Waals surface area (Å²) < 4.78 is 1.15. The van der Waals surface area contributed by atoms with Crippen molar-refractivity contribution in [2.75, 3.05) is 19.7 Å². The average molecular weight is 298 g/mol. The first-order valence-corrected chi connectivity index (χ1v) is 7.12. The minimum atomic E-state index is 0.239. The second-order valence-electron chi connectivity index (χ2n) is 4.87. The first kappa shape index (κ1) is 13.1. The first-order valence-electron chi connectivity index (χ1n) is 6.33. The minimum absolute atomic E-state index is 0.239. The number of halogens is 1. The summed E-state index contributed by atoms with van der Waals surface area (Å²) in [6.45, 7) is 4.66. The lowest BCUT2D eigenvalue weighted by atomic mass is 9.94. The maximum Gasteiger partial charge on any atom is 0.0474 e. The highest BCUT2D eigenvalue weighted by molar-refractivity contribution is 9.10. The van der Waals surface area contributed by atoms with E-state index in [0.29, 0.717) is 6.04 Å². The molecule has 1 saturated heterocycles. The van der Waals surface area contributed by atoms with Crippen molar-refractivity contribution in [3.63, 3.8) is 0 Å². The SMILES string of the molecule is CC(CO)C(c1ccccc1Br)N1CCCC1. The minimum Gasteiger partial charge on any atom is -0.396 e. The van der Waals surface area contributed by atoms with Crippen molar-refractivity contribution in [3.8, 4) is 0 Å². The summed E-state index contributed by atoms with van der Waals surface area (Å²) in [5, 5.41) is 9.48.